The van der Waals surface area contributed by atoms with Crippen LogP contribution in [0.4, 0.5) is 0 Å². The van der Waals surface area contributed by atoms with Crippen molar-refractivity contribution in [3.05, 3.63) is 35.9 Å². The maximum Gasteiger partial charge on any atom is 0.397 e. The molecule has 0 spiro atoms. The summed E-state index contributed by atoms with van der Waals surface area (Å²) in [5.41, 5.74) is 19.1. The molecule has 22 N–H and O–H groups in total. The fourth-order valence-corrected chi connectivity index (χ4v) is 10.9. The zero-order chi connectivity index (χ0) is 66.1. The van der Waals surface area contributed by atoms with Crippen LogP contribution in [0.3, 0.4) is 0 Å². The lowest BCUT2D eigenvalue weighted by Crippen LogP contribution is -2.70. The van der Waals surface area contributed by atoms with Crippen molar-refractivity contribution in [1.29, 1.82) is 0 Å². The molecule has 6 fully saturated rings. The number of carbonyl (C=O) groups is 3. The van der Waals surface area contributed by atoms with Crippen molar-refractivity contribution < 1.29 is 189 Å². The Morgan fingerprint density at radius 2 is 0.753 bits per heavy atom. The first-order valence-electron chi connectivity index (χ1n) is 25.8. The first kappa shape index (κ1) is 72.7. The highest BCUT2D eigenvalue weighted by molar-refractivity contribution is 7.81. The smallest absolute Gasteiger partial charge is 0.397 e. The molecule has 0 amide bonds. The number of aliphatic carboxylic acids is 3. The molecule has 1 aromatic rings. The summed E-state index contributed by atoms with van der Waals surface area (Å²) in [4.78, 5) is 37.8. The van der Waals surface area contributed by atoms with Gasteiger partial charge in [0.05, 0.1) is 44.6 Å². The third kappa shape index (κ3) is 17.7. The van der Waals surface area contributed by atoms with Gasteiger partial charge in [-0.2, -0.15) is 25.3 Å². The van der Waals surface area contributed by atoms with Crippen LogP contribution in [0.1, 0.15) is 5.56 Å². The number of aliphatic hydroxyl groups is 10. The highest BCUT2D eigenvalue weighted by Crippen LogP contribution is 2.38. The van der Waals surface area contributed by atoms with Gasteiger partial charge in [-0.05, 0) is 5.56 Å². The number of aliphatic hydroxyl groups excluding tert-OH is 10. The van der Waals surface area contributed by atoms with Crippen LogP contribution in [-0.4, -0.2) is 327 Å². The molecular formula is C43H65N3O40S3. The zero-order valence-corrected chi connectivity index (χ0v) is 47.4. The lowest BCUT2D eigenvalue weighted by atomic mass is 9.94. The van der Waals surface area contributed by atoms with Crippen molar-refractivity contribution in [2.45, 2.75) is 191 Å². The second-order valence-corrected chi connectivity index (χ2v) is 23.8. The number of hydrogen-bond donors (Lipinski definition) is 19. The van der Waals surface area contributed by atoms with Crippen molar-refractivity contribution in [3.8, 4) is 0 Å². The molecule has 6 saturated heterocycles. The van der Waals surface area contributed by atoms with E-state index in [1.54, 1.807) is 6.07 Å². The quantitative estimate of drug-likeness (QED) is 0.0404. The van der Waals surface area contributed by atoms with Gasteiger partial charge in [0.15, 0.2) is 56.1 Å². The molecule has 0 radical (unpaired) electrons. The summed E-state index contributed by atoms with van der Waals surface area (Å²) in [6.07, 6.45) is -61.5. The summed E-state index contributed by atoms with van der Waals surface area (Å²) < 4.78 is 178. The maximum atomic E-state index is 13.0. The number of hydrogen-bond acceptors (Lipinski definition) is 37. The standard InChI is InChI=1S/C43H65N3O40S3/c44-14-18(48)17(47)11(7-73-87(63,64)65)76-39(14)83-30-22(52)25(55)43(86-33(30)36(58)59)81-27-13(9-75-89(69,70)71)78-41(16(46)28(27)72-6-10-4-2-1-3-5-10)84-31-21(51)24(54)42(85-34(31)37(60)61)80-26-12(8-74-88(66,67)68)77-40(15(45)19(26)49)82-29-20(50)23(53)38(62)79-32(29)35(56)57/h1-5,11-34,38-43,47-55,62H,6-9,44-46H2,(H,56,57)(H,58,59)(H,60,61)(H,63,64,65)(H,66,67,68)(H,69,70,71)/t11-,12-,13-,14-,15-,16-,17-,18-,19-,20-,21-,22-,23-,24-,25-,26-,27-,28-,29+,30+,31+,32-,33-,34-,38-,39-,40-,41-,42-,43-/m1/s1. The van der Waals surface area contributed by atoms with Crippen molar-refractivity contribution in [2.24, 2.45) is 17.2 Å². The third-order valence-electron chi connectivity index (χ3n) is 14.4. The van der Waals surface area contributed by atoms with Crippen LogP contribution in [-0.2, 0) is 122 Å². The van der Waals surface area contributed by atoms with Crippen molar-refractivity contribution in [3.63, 3.8) is 0 Å². The molecule has 7 rings (SSSR count). The molecule has 6 aliphatic rings. The van der Waals surface area contributed by atoms with Crippen LogP contribution in [0.5, 0.6) is 0 Å². The average Bonchev–Trinajstić information content (AvgIpc) is 0.848. The van der Waals surface area contributed by atoms with Crippen LogP contribution in [0.15, 0.2) is 30.3 Å². The number of carboxylic acid groups (broad SMARTS) is 3. The van der Waals surface area contributed by atoms with Crippen LogP contribution >= 0.6 is 0 Å². The predicted molar refractivity (Wildman–Crippen MR) is 267 cm³/mol. The van der Waals surface area contributed by atoms with Crippen LogP contribution in [0, 0.1) is 0 Å². The lowest BCUT2D eigenvalue weighted by molar-refractivity contribution is -0.378. The van der Waals surface area contributed by atoms with Crippen LogP contribution in [0.2, 0.25) is 0 Å². The highest BCUT2D eigenvalue weighted by atomic mass is 32.3. The summed E-state index contributed by atoms with van der Waals surface area (Å²) in [7, 11) is -16.1. The SMILES string of the molecule is N[C@H]1[C@@H](O[C@H]2[C@H](O)[C@@H](O)[C@H](O[C@H]3[C@H](OCc4ccccc4)[C@@H](N)[C@@H](O[C@H]4[C@H](O)[C@@H](O)[C@H](O[C@H]5[C@H](O)[C@@H](N)[C@@H](O[C@H]6[C@H](O)[C@@H](O)[C@H](O)O[C@H]6C(=O)O)O[C@@H]5COS(=O)(=O)O)O[C@H]4C(=O)O)O[C@@H]3COS(=O)(=O)O)O[C@H]2C(=O)O)O[C@H](COS(=O)(=O)O)[C@@H](O)[C@@H]1O. The minimum absolute atomic E-state index is 0.349. The largest absolute Gasteiger partial charge is 0.479 e. The number of ether oxygens (including phenoxy) is 12. The molecule has 89 heavy (non-hydrogen) atoms. The van der Waals surface area contributed by atoms with E-state index in [4.69, 9.17) is 78.6 Å². The molecule has 0 saturated carbocycles. The van der Waals surface area contributed by atoms with Gasteiger partial charge in [0, 0.05) is 0 Å². The molecule has 0 aliphatic carbocycles. The molecular weight excluding hydrogens is 1290 g/mol. The van der Waals surface area contributed by atoms with E-state index in [1.807, 2.05) is 0 Å². The Morgan fingerprint density at radius 3 is 1.19 bits per heavy atom. The van der Waals surface area contributed by atoms with Gasteiger partial charge in [0.2, 0.25) is 0 Å². The summed E-state index contributed by atoms with van der Waals surface area (Å²) in [6, 6.07) is 1.86. The Kier molecular flexibility index (Phi) is 24.2. The Labute approximate surface area is 500 Å². The molecule has 1 aromatic carbocycles. The fourth-order valence-electron chi connectivity index (χ4n) is 9.93. The number of benzene rings is 1. The van der Waals surface area contributed by atoms with Crippen molar-refractivity contribution in [2.75, 3.05) is 19.8 Å². The molecule has 510 valence electrons. The summed E-state index contributed by atoms with van der Waals surface area (Å²) in [5.74, 6) is -5.96. The van der Waals surface area contributed by atoms with Crippen LogP contribution < -0.4 is 17.2 Å². The molecule has 6 heterocycles. The van der Waals surface area contributed by atoms with E-state index in [-0.39, 0.29) is 0 Å². The van der Waals surface area contributed by atoms with Gasteiger partial charge in [-0.15, -0.1) is 0 Å². The molecule has 30 atom stereocenters. The molecule has 46 heteroatoms. The van der Waals surface area contributed by atoms with Crippen molar-refractivity contribution >= 4 is 49.1 Å². The van der Waals surface area contributed by atoms with E-state index in [0.717, 1.165) is 0 Å². The van der Waals surface area contributed by atoms with Gasteiger partial charge in [0.1, 0.15) is 110 Å². The van der Waals surface area contributed by atoms with Crippen LogP contribution in [0.25, 0.3) is 0 Å². The van der Waals surface area contributed by atoms with E-state index >= 15 is 0 Å². The number of nitrogens with two attached hydrogens (primary N) is 3. The normalized spacial score (nSPS) is 43.5. The van der Waals surface area contributed by atoms with Gasteiger partial charge in [-0.25, -0.2) is 26.9 Å². The van der Waals surface area contributed by atoms with Gasteiger partial charge >= 0.3 is 49.1 Å². The first-order valence-corrected chi connectivity index (χ1v) is 29.9. The second kappa shape index (κ2) is 29.7. The van der Waals surface area contributed by atoms with E-state index < -0.39 is 260 Å². The minimum atomic E-state index is -5.50. The number of carboxylic acids is 3. The topological polar surface area (TPSA) is 694 Å². The maximum absolute atomic E-state index is 13.0. The molecule has 0 aromatic heterocycles. The van der Waals surface area contributed by atoms with Gasteiger partial charge < -0.3 is 140 Å². The minimum Gasteiger partial charge on any atom is -0.479 e. The van der Waals surface area contributed by atoms with Gasteiger partial charge in [-0.3, -0.25) is 13.7 Å². The third-order valence-corrected chi connectivity index (χ3v) is 15.7. The first-order chi connectivity index (χ1) is 41.4. The summed E-state index contributed by atoms with van der Waals surface area (Å²) in [6.45, 7) is -4.49. The van der Waals surface area contributed by atoms with Crippen molar-refractivity contribution in [1.82, 2.24) is 0 Å². The molecule has 6 aliphatic heterocycles. The fraction of sp³-hybridized carbons (Fsp3) is 0.791. The Balaban J connectivity index is 1.14. The zero-order valence-electron chi connectivity index (χ0n) is 44.9. The second-order valence-electron chi connectivity index (χ2n) is 20.5. The van der Waals surface area contributed by atoms with Gasteiger partial charge in [0.25, 0.3) is 0 Å². The predicted octanol–water partition coefficient (Wildman–Crippen LogP) is -12.2. The molecule has 43 nitrogen and oxygen atoms in total. The average molecular weight is 1360 g/mol. The summed E-state index contributed by atoms with van der Waals surface area (Å²) >= 11 is 0. The summed E-state index contributed by atoms with van der Waals surface area (Å²) in [5, 5.41) is 140. The Hall–Kier alpha value is -3.76. The van der Waals surface area contributed by atoms with E-state index in [9.17, 15) is 115 Å². The molecule has 0 bridgehead atoms. The van der Waals surface area contributed by atoms with E-state index in [2.05, 4.69) is 12.5 Å². The van der Waals surface area contributed by atoms with E-state index in [1.165, 1.54) is 24.3 Å². The Bertz CT molecular complexity index is 2890. The van der Waals surface area contributed by atoms with Gasteiger partial charge in [-0.1, -0.05) is 30.3 Å². The monoisotopic (exact) mass is 1360 g/mol. The number of rotatable bonds is 25. The molecule has 0 unspecified atom stereocenters. The van der Waals surface area contributed by atoms with E-state index in [0.29, 0.717) is 5.56 Å². The Morgan fingerprint density at radius 1 is 0.393 bits per heavy atom. The lowest BCUT2D eigenvalue weighted by Gasteiger charge is -2.50. The highest BCUT2D eigenvalue weighted by Gasteiger charge is 2.59.